The van der Waals surface area contributed by atoms with E-state index in [1.165, 1.54) is 12.5 Å². The molecule has 0 spiro atoms. The topological polar surface area (TPSA) is 41.5 Å². The van der Waals surface area contributed by atoms with Crippen molar-refractivity contribution >= 4 is 0 Å². The summed E-state index contributed by atoms with van der Waals surface area (Å²) in [6, 6.07) is 4.59. The van der Waals surface area contributed by atoms with Gasteiger partial charge in [0.05, 0.1) is 6.61 Å². The van der Waals surface area contributed by atoms with Gasteiger partial charge < -0.3 is 15.2 Å². The predicted octanol–water partition coefficient (Wildman–Crippen LogP) is 2.05. The summed E-state index contributed by atoms with van der Waals surface area (Å²) in [7, 11) is 0. The molecule has 0 radical (unpaired) electrons. The second kappa shape index (κ2) is 5.98. The Kier molecular flexibility index (Phi) is 4.34. The van der Waals surface area contributed by atoms with Crippen LogP contribution >= 0.6 is 0 Å². The molecule has 0 amide bonds. The molecule has 0 bridgehead atoms. The average Bonchev–Trinajstić information content (AvgIpc) is 2.36. The normalized spacial score (nSPS) is 20.4. The lowest BCUT2D eigenvalue weighted by Crippen LogP contribution is -2.28. The summed E-state index contributed by atoms with van der Waals surface area (Å²) in [6.45, 7) is 2.99. The summed E-state index contributed by atoms with van der Waals surface area (Å²) in [5.41, 5.74) is 0.599. The summed E-state index contributed by atoms with van der Waals surface area (Å²) in [5.74, 6) is -0.287. The number of nitrogens with one attached hydrogen (secondary N) is 1. The van der Waals surface area contributed by atoms with E-state index >= 15 is 0 Å². The van der Waals surface area contributed by atoms with Crippen molar-refractivity contribution in [2.75, 3.05) is 19.8 Å². The highest BCUT2D eigenvalue weighted by Gasteiger charge is 2.13. The van der Waals surface area contributed by atoms with Crippen molar-refractivity contribution in [1.29, 1.82) is 0 Å². The van der Waals surface area contributed by atoms with Crippen LogP contribution in [0.4, 0.5) is 4.39 Å². The van der Waals surface area contributed by atoms with Crippen LogP contribution in [-0.2, 0) is 11.3 Å². The minimum Gasteiger partial charge on any atom is -0.505 e. The van der Waals surface area contributed by atoms with Crippen LogP contribution in [0.3, 0.4) is 0 Å². The number of ether oxygens (including phenoxy) is 1. The number of phenols is 1. The molecule has 1 heterocycles. The second-order valence-electron chi connectivity index (χ2n) is 4.46. The van der Waals surface area contributed by atoms with Gasteiger partial charge in [0.15, 0.2) is 11.6 Å². The van der Waals surface area contributed by atoms with Crippen molar-refractivity contribution in [3.8, 4) is 5.75 Å². The van der Waals surface area contributed by atoms with Gasteiger partial charge in [0.2, 0.25) is 0 Å². The smallest absolute Gasteiger partial charge is 0.165 e. The van der Waals surface area contributed by atoms with E-state index in [1.807, 2.05) is 0 Å². The van der Waals surface area contributed by atoms with Crippen molar-refractivity contribution in [3.63, 3.8) is 0 Å². The molecule has 2 N–H and O–H groups in total. The number of rotatable bonds is 4. The van der Waals surface area contributed by atoms with Gasteiger partial charge in [-0.1, -0.05) is 12.1 Å². The summed E-state index contributed by atoms with van der Waals surface area (Å²) in [4.78, 5) is 0. The van der Waals surface area contributed by atoms with Crippen molar-refractivity contribution in [1.82, 2.24) is 5.32 Å². The number of aromatic hydroxyl groups is 1. The molecule has 17 heavy (non-hydrogen) atoms. The highest BCUT2D eigenvalue weighted by atomic mass is 19.1. The zero-order valence-electron chi connectivity index (χ0n) is 9.79. The molecule has 3 nitrogen and oxygen atoms in total. The number of benzene rings is 1. The minimum atomic E-state index is -0.565. The fourth-order valence-corrected chi connectivity index (χ4v) is 2.08. The van der Waals surface area contributed by atoms with E-state index in [1.54, 1.807) is 12.1 Å². The first kappa shape index (κ1) is 12.3. The molecular formula is C13H18FNO2. The van der Waals surface area contributed by atoms with Crippen LogP contribution in [0.15, 0.2) is 18.2 Å². The van der Waals surface area contributed by atoms with Crippen molar-refractivity contribution < 1.29 is 14.2 Å². The lowest BCUT2D eigenvalue weighted by molar-refractivity contribution is 0.0547. The Morgan fingerprint density at radius 1 is 1.47 bits per heavy atom. The van der Waals surface area contributed by atoms with Crippen molar-refractivity contribution in [2.45, 2.75) is 19.4 Å². The third kappa shape index (κ3) is 3.41. The SMILES string of the molecule is Oc1c(F)cccc1CNCC1CCCOC1. The highest BCUT2D eigenvalue weighted by molar-refractivity contribution is 5.33. The molecule has 0 aliphatic carbocycles. The lowest BCUT2D eigenvalue weighted by Gasteiger charge is -2.22. The van der Waals surface area contributed by atoms with Gasteiger partial charge in [0, 0.05) is 25.3 Å². The third-order valence-corrected chi connectivity index (χ3v) is 3.07. The van der Waals surface area contributed by atoms with Crippen LogP contribution in [0.25, 0.3) is 0 Å². The predicted molar refractivity (Wildman–Crippen MR) is 63.3 cm³/mol. The number of hydrogen-bond acceptors (Lipinski definition) is 3. The molecule has 1 unspecified atom stereocenters. The van der Waals surface area contributed by atoms with Gasteiger partial charge in [-0.15, -0.1) is 0 Å². The highest BCUT2D eigenvalue weighted by Crippen LogP contribution is 2.20. The van der Waals surface area contributed by atoms with E-state index in [0.29, 0.717) is 18.0 Å². The Bertz CT molecular complexity index is 364. The molecule has 4 heteroatoms. The van der Waals surface area contributed by atoms with Gasteiger partial charge in [-0.05, 0) is 24.8 Å². The molecule has 0 aromatic heterocycles. The Morgan fingerprint density at radius 3 is 3.12 bits per heavy atom. The van der Waals surface area contributed by atoms with Gasteiger partial charge in [0.1, 0.15) is 0 Å². The first-order valence-corrected chi connectivity index (χ1v) is 6.02. The van der Waals surface area contributed by atoms with Gasteiger partial charge in [-0.25, -0.2) is 4.39 Å². The van der Waals surface area contributed by atoms with Crippen LogP contribution in [0.2, 0.25) is 0 Å². The van der Waals surface area contributed by atoms with E-state index in [4.69, 9.17) is 4.74 Å². The van der Waals surface area contributed by atoms with Crippen LogP contribution in [0, 0.1) is 11.7 Å². The summed E-state index contributed by atoms with van der Waals surface area (Å²) in [5, 5.41) is 12.7. The maximum Gasteiger partial charge on any atom is 0.165 e. The molecule has 1 aromatic carbocycles. The van der Waals surface area contributed by atoms with Gasteiger partial charge in [0.25, 0.3) is 0 Å². The fourth-order valence-electron chi connectivity index (χ4n) is 2.08. The minimum absolute atomic E-state index is 0.250. The van der Waals surface area contributed by atoms with Crippen LogP contribution in [0.1, 0.15) is 18.4 Å². The van der Waals surface area contributed by atoms with Crippen LogP contribution in [0.5, 0.6) is 5.75 Å². The molecule has 0 saturated carbocycles. The third-order valence-electron chi connectivity index (χ3n) is 3.07. The lowest BCUT2D eigenvalue weighted by atomic mass is 10.0. The van der Waals surface area contributed by atoms with E-state index in [9.17, 15) is 9.50 Å². The molecule has 1 fully saturated rings. The largest absolute Gasteiger partial charge is 0.505 e. The molecule has 1 aliphatic rings. The maximum atomic E-state index is 13.1. The van der Waals surface area contributed by atoms with E-state index in [2.05, 4.69) is 5.32 Å². The molecule has 94 valence electrons. The molecule has 2 rings (SSSR count). The molecule has 1 atom stereocenters. The first-order valence-electron chi connectivity index (χ1n) is 6.02. The Hall–Kier alpha value is -1.13. The Morgan fingerprint density at radius 2 is 2.35 bits per heavy atom. The second-order valence-corrected chi connectivity index (χ2v) is 4.46. The zero-order valence-corrected chi connectivity index (χ0v) is 9.79. The molecule has 1 aromatic rings. The standard InChI is InChI=1S/C13H18FNO2/c14-12-5-1-4-11(13(12)16)8-15-7-10-3-2-6-17-9-10/h1,4-5,10,15-16H,2-3,6-9H2. The molecule has 1 saturated heterocycles. The fraction of sp³-hybridized carbons (Fsp3) is 0.538. The number of halogens is 1. The first-order chi connectivity index (χ1) is 8.27. The van der Waals surface area contributed by atoms with Gasteiger partial charge in [-0.2, -0.15) is 0 Å². The quantitative estimate of drug-likeness (QED) is 0.845. The van der Waals surface area contributed by atoms with E-state index < -0.39 is 5.82 Å². The van der Waals surface area contributed by atoms with Crippen LogP contribution < -0.4 is 5.32 Å². The number of phenolic OH excluding ortho intramolecular Hbond substituents is 1. The van der Waals surface area contributed by atoms with E-state index in [-0.39, 0.29) is 5.75 Å². The van der Waals surface area contributed by atoms with E-state index in [0.717, 1.165) is 26.2 Å². The molecular weight excluding hydrogens is 221 g/mol. The average molecular weight is 239 g/mol. The summed E-state index contributed by atoms with van der Waals surface area (Å²) < 4.78 is 18.4. The summed E-state index contributed by atoms with van der Waals surface area (Å²) in [6.07, 6.45) is 2.28. The van der Waals surface area contributed by atoms with Gasteiger partial charge >= 0.3 is 0 Å². The van der Waals surface area contributed by atoms with Crippen molar-refractivity contribution in [3.05, 3.63) is 29.6 Å². The Balaban J connectivity index is 1.79. The number of hydrogen-bond donors (Lipinski definition) is 2. The van der Waals surface area contributed by atoms with Gasteiger partial charge in [-0.3, -0.25) is 0 Å². The summed E-state index contributed by atoms with van der Waals surface area (Å²) >= 11 is 0. The Labute approximate surface area is 101 Å². The van der Waals surface area contributed by atoms with Crippen LogP contribution in [-0.4, -0.2) is 24.9 Å². The maximum absolute atomic E-state index is 13.1. The number of para-hydroxylation sites is 1. The molecule has 1 aliphatic heterocycles. The van der Waals surface area contributed by atoms with Crippen molar-refractivity contribution in [2.24, 2.45) is 5.92 Å². The monoisotopic (exact) mass is 239 g/mol. The zero-order chi connectivity index (χ0) is 12.1.